The molecule has 2 aliphatic rings. The highest BCUT2D eigenvalue weighted by atomic mass is 16.8. The lowest BCUT2D eigenvalue weighted by Crippen LogP contribution is -2.23. The fourth-order valence-corrected chi connectivity index (χ4v) is 7.10. The van der Waals surface area contributed by atoms with Gasteiger partial charge in [-0.05, 0) is 126 Å². The van der Waals surface area contributed by atoms with Crippen molar-refractivity contribution in [2.24, 2.45) is 0 Å². The quantitative estimate of drug-likeness (QED) is 0.0503. The number of hydrogen-bond donors (Lipinski definition) is 3. The first-order valence-corrected chi connectivity index (χ1v) is 23.3. The number of hydrogen-bond acceptors (Lipinski definition) is 11. The Morgan fingerprint density at radius 1 is 0.544 bits per heavy atom. The van der Waals surface area contributed by atoms with Crippen molar-refractivity contribution in [1.29, 1.82) is 0 Å². The zero-order chi connectivity index (χ0) is 49.6. The second-order valence-electron chi connectivity index (χ2n) is 16.9. The van der Waals surface area contributed by atoms with Crippen LogP contribution in [0.5, 0.6) is 11.5 Å². The van der Waals surface area contributed by atoms with Crippen molar-refractivity contribution < 1.29 is 62.8 Å². The summed E-state index contributed by atoms with van der Waals surface area (Å²) in [4.78, 5) is 20.4. The number of carboxylic acids is 2. The number of benzene rings is 4. The number of aliphatic hydroxyl groups is 1. The first kappa shape index (κ1) is 56.9. The molecule has 6 rings (SSSR count). The fraction of sp³-hybridized carbons (Fsp3) is 0.455. The van der Waals surface area contributed by atoms with Crippen LogP contribution in [0.2, 0.25) is 0 Å². The number of carboxylic acid groups (broad SMARTS) is 2. The van der Waals surface area contributed by atoms with Crippen LogP contribution in [0.3, 0.4) is 0 Å². The number of methoxy groups -OCH3 is 2. The van der Waals surface area contributed by atoms with Gasteiger partial charge < -0.3 is 53.2 Å². The average molecular weight is 943 g/mol. The molecule has 0 saturated carbocycles. The van der Waals surface area contributed by atoms with Crippen LogP contribution >= 0.6 is 0 Å². The number of carbonyl (C=O) groups is 2. The van der Waals surface area contributed by atoms with E-state index in [0.717, 1.165) is 61.2 Å². The smallest absolute Gasteiger partial charge is 0.335 e. The van der Waals surface area contributed by atoms with Crippen LogP contribution in [0.1, 0.15) is 111 Å². The van der Waals surface area contributed by atoms with E-state index in [-0.39, 0.29) is 31.0 Å². The molecule has 3 N–H and O–H groups in total. The Morgan fingerprint density at radius 2 is 0.912 bits per heavy atom. The molecule has 0 amide bonds. The average Bonchev–Trinajstić information content (AvgIpc) is 3.80. The van der Waals surface area contributed by atoms with Crippen LogP contribution in [0, 0.1) is 0 Å². The van der Waals surface area contributed by atoms with E-state index in [0.29, 0.717) is 44.0 Å². The summed E-state index contributed by atoms with van der Waals surface area (Å²) < 4.78 is 45.4. The molecule has 0 aliphatic carbocycles. The topological polar surface area (TPSA) is 169 Å². The normalized spacial score (nSPS) is 18.9. The molecule has 2 saturated heterocycles. The lowest BCUT2D eigenvalue weighted by Gasteiger charge is -2.16. The molecule has 0 bridgehead atoms. The molecule has 2 fully saturated rings. The van der Waals surface area contributed by atoms with Gasteiger partial charge in [0.25, 0.3) is 0 Å². The molecule has 0 radical (unpaired) electrons. The summed E-state index contributed by atoms with van der Waals surface area (Å²) in [7, 11) is 3.33. The summed E-state index contributed by atoms with van der Waals surface area (Å²) in [5.41, 5.74) is 2.95. The van der Waals surface area contributed by atoms with Crippen LogP contribution < -0.4 is 9.47 Å². The van der Waals surface area contributed by atoms with Gasteiger partial charge in [-0.3, -0.25) is 0 Å². The number of aliphatic hydroxyl groups excluding tert-OH is 1. The van der Waals surface area contributed by atoms with Crippen LogP contribution in [-0.4, -0.2) is 97.3 Å². The third-order valence-corrected chi connectivity index (χ3v) is 10.4. The molecule has 2 unspecified atom stereocenters. The zero-order valence-electron chi connectivity index (χ0n) is 40.9. The van der Waals surface area contributed by atoms with E-state index in [2.05, 4.69) is 31.2 Å². The van der Waals surface area contributed by atoms with Gasteiger partial charge in [-0.15, -0.1) is 0 Å². The molecule has 372 valence electrons. The molecule has 68 heavy (non-hydrogen) atoms. The van der Waals surface area contributed by atoms with Gasteiger partial charge in [0.2, 0.25) is 0 Å². The van der Waals surface area contributed by atoms with Crippen LogP contribution in [-0.2, 0) is 41.6 Å². The summed E-state index contributed by atoms with van der Waals surface area (Å²) in [6.07, 6.45) is 15.1. The van der Waals surface area contributed by atoms with E-state index in [9.17, 15) is 9.59 Å². The van der Waals surface area contributed by atoms with Crippen molar-refractivity contribution in [2.45, 2.75) is 129 Å². The fourth-order valence-electron chi connectivity index (χ4n) is 7.10. The molecule has 13 nitrogen and oxygen atoms in total. The van der Waals surface area contributed by atoms with E-state index in [1.807, 2.05) is 76.2 Å². The molecule has 0 spiro atoms. The second-order valence-corrected chi connectivity index (χ2v) is 16.9. The van der Waals surface area contributed by atoms with Crippen molar-refractivity contribution in [2.75, 3.05) is 34.0 Å². The summed E-state index contributed by atoms with van der Waals surface area (Å²) in [5.74, 6) is -1.06. The van der Waals surface area contributed by atoms with Gasteiger partial charge in [-0.1, -0.05) is 98.3 Å². The van der Waals surface area contributed by atoms with Gasteiger partial charge in [0.15, 0.2) is 11.6 Å². The molecule has 2 heterocycles. The molecule has 4 aromatic rings. The maximum Gasteiger partial charge on any atom is 0.335 e. The molecule has 2 aliphatic heterocycles. The Bertz CT molecular complexity index is 1870. The van der Waals surface area contributed by atoms with Gasteiger partial charge >= 0.3 is 11.9 Å². The van der Waals surface area contributed by atoms with Crippen molar-refractivity contribution in [3.8, 4) is 11.5 Å². The summed E-state index contributed by atoms with van der Waals surface area (Å²) >= 11 is 0. The minimum absolute atomic E-state index is 0.00128. The Hall–Kier alpha value is -5.38. The van der Waals surface area contributed by atoms with Gasteiger partial charge in [-0.25, -0.2) is 9.59 Å². The van der Waals surface area contributed by atoms with Gasteiger partial charge in [0.05, 0.1) is 76.2 Å². The molecular formula is C55H74O13. The van der Waals surface area contributed by atoms with Crippen molar-refractivity contribution in [1.82, 2.24) is 0 Å². The lowest BCUT2D eigenvalue weighted by atomic mass is 10.1. The lowest BCUT2D eigenvalue weighted by molar-refractivity contribution is -0.147. The maximum absolute atomic E-state index is 10.2. The Morgan fingerprint density at radius 3 is 1.24 bits per heavy atom. The molecule has 4 aromatic carbocycles. The van der Waals surface area contributed by atoms with Crippen LogP contribution in [0.15, 0.2) is 133 Å². The molecule has 0 aromatic heterocycles. The highest BCUT2D eigenvalue weighted by Crippen LogP contribution is 2.33. The SMILES string of the molecule is CCC[C@@H]1OC(C)(C)OC1C/C=C\CCOCc1ccc(OC)cc1.COc1ccc(COCC/C=C\CC2OC(C)(C)O[C@H]2CCO)cc1.O=C(O)c1ccccc1.O=C(O)c1ccccc1. The second kappa shape index (κ2) is 31.6. The first-order chi connectivity index (χ1) is 32.7. The standard InChI is InChI=1S/C21H32O4.C20H30O5.2C7H6O2/c1-5-9-19-20(25-21(2,3)24-19)10-7-6-8-15-23-16-17-11-13-18(22-4)14-12-17;1-20(2)24-18(19(25-20)12-13-21)7-5-4-6-14-23-15-16-8-10-17(22-3)11-9-16;2*8-7(9)6-4-2-1-3-5-6/h6-7,11-14,19-20H,5,8-10,15-16H2,1-4H3;4-5,8-11,18-19,21H,6-7,12-15H2,1-3H3;2*1-5H,(H,8,9)/b7-6-;5-4-;;/t19-,20?;18?,19-;;/m00../s1. The van der Waals surface area contributed by atoms with Crippen molar-refractivity contribution in [3.05, 3.63) is 156 Å². The Balaban J connectivity index is 0.000000265. The van der Waals surface area contributed by atoms with Crippen LogP contribution in [0.4, 0.5) is 0 Å². The number of rotatable bonds is 22. The largest absolute Gasteiger partial charge is 0.497 e. The number of ether oxygens (including phenoxy) is 8. The first-order valence-electron chi connectivity index (χ1n) is 23.3. The Labute approximate surface area is 403 Å². The van der Waals surface area contributed by atoms with E-state index in [4.69, 9.17) is 53.2 Å². The predicted molar refractivity (Wildman–Crippen MR) is 263 cm³/mol. The van der Waals surface area contributed by atoms with Gasteiger partial charge in [0, 0.05) is 6.61 Å². The summed E-state index contributed by atoms with van der Waals surface area (Å²) in [6.45, 7) is 12.7. The predicted octanol–water partition coefficient (Wildman–Crippen LogP) is 11.1. The minimum atomic E-state index is -0.879. The number of aromatic carboxylic acids is 2. The van der Waals surface area contributed by atoms with E-state index in [1.54, 1.807) is 74.9 Å². The summed E-state index contributed by atoms with van der Waals surface area (Å²) in [6, 6.07) is 32.5. The molecular weight excluding hydrogens is 869 g/mol. The maximum atomic E-state index is 10.2. The minimum Gasteiger partial charge on any atom is -0.497 e. The monoisotopic (exact) mass is 943 g/mol. The highest BCUT2D eigenvalue weighted by Gasteiger charge is 2.40. The van der Waals surface area contributed by atoms with Crippen molar-refractivity contribution in [3.63, 3.8) is 0 Å². The van der Waals surface area contributed by atoms with E-state index in [1.165, 1.54) is 0 Å². The van der Waals surface area contributed by atoms with E-state index >= 15 is 0 Å². The molecule has 4 atom stereocenters. The third kappa shape index (κ3) is 23.1. The van der Waals surface area contributed by atoms with Gasteiger partial charge in [0.1, 0.15) is 11.5 Å². The van der Waals surface area contributed by atoms with Crippen molar-refractivity contribution >= 4 is 11.9 Å². The van der Waals surface area contributed by atoms with Gasteiger partial charge in [-0.2, -0.15) is 0 Å². The molecule has 13 heteroatoms. The highest BCUT2D eigenvalue weighted by molar-refractivity contribution is 5.87. The van der Waals surface area contributed by atoms with E-state index < -0.39 is 23.5 Å². The Kier molecular flexibility index (Phi) is 26.5. The third-order valence-electron chi connectivity index (χ3n) is 10.4. The zero-order valence-corrected chi connectivity index (χ0v) is 40.9. The van der Waals surface area contributed by atoms with Crippen LogP contribution in [0.25, 0.3) is 0 Å². The summed E-state index contributed by atoms with van der Waals surface area (Å²) in [5, 5.41) is 25.9.